The van der Waals surface area contributed by atoms with Gasteiger partial charge in [-0.25, -0.2) is 4.98 Å². The maximum atomic E-state index is 12.9. The molecule has 1 saturated carbocycles. The predicted molar refractivity (Wildman–Crippen MR) is 150 cm³/mol. The van der Waals surface area contributed by atoms with E-state index in [1.54, 1.807) is 24.1 Å². The van der Waals surface area contributed by atoms with E-state index in [2.05, 4.69) is 41.8 Å². The minimum atomic E-state index is -0.0487. The number of carbonyl (C=O) groups is 1. The molecule has 7 nitrogen and oxygen atoms in total. The Morgan fingerprint density at radius 1 is 1.16 bits per heavy atom. The largest absolute Gasteiger partial charge is 0.341 e. The lowest BCUT2D eigenvalue weighted by Gasteiger charge is -2.17. The summed E-state index contributed by atoms with van der Waals surface area (Å²) in [5.41, 5.74) is 6.11. The monoisotopic (exact) mass is 490 g/mol. The normalized spacial score (nSPS) is 13.4. The molecule has 1 N–H and O–H groups in total. The first-order valence-electron chi connectivity index (χ1n) is 12.4. The molecule has 1 amide bonds. The fourth-order valence-corrected chi connectivity index (χ4v) is 4.22. The molecule has 0 radical (unpaired) electrons. The third kappa shape index (κ3) is 5.51. The molecule has 5 rings (SSSR count). The van der Waals surface area contributed by atoms with E-state index in [-0.39, 0.29) is 5.91 Å². The number of fused-ring (bicyclic) bond motifs is 1. The average molecular weight is 491 g/mol. The van der Waals surface area contributed by atoms with E-state index < -0.39 is 0 Å². The number of anilines is 2. The lowest BCUT2D eigenvalue weighted by molar-refractivity contribution is 0.0796. The van der Waals surface area contributed by atoms with E-state index >= 15 is 0 Å². The Bertz CT molecular complexity index is 1470. The molecule has 2 aromatic carbocycles. The number of hydrogen-bond donors (Lipinski definition) is 1. The first kappa shape index (κ1) is 24.2. The van der Waals surface area contributed by atoms with E-state index in [9.17, 15) is 4.79 Å². The maximum Gasteiger partial charge on any atom is 0.253 e. The predicted octanol–water partition coefficient (Wildman–Crippen LogP) is 6.25. The van der Waals surface area contributed by atoms with Crippen LogP contribution in [-0.4, -0.2) is 45.7 Å². The highest BCUT2D eigenvalue weighted by molar-refractivity contribution is 5.94. The number of benzene rings is 2. The summed E-state index contributed by atoms with van der Waals surface area (Å²) in [6.07, 6.45) is 6.45. The van der Waals surface area contributed by atoms with Gasteiger partial charge in [0, 0.05) is 60.6 Å². The second-order valence-corrected chi connectivity index (χ2v) is 9.24. The Hall–Kier alpha value is -4.52. The van der Waals surface area contributed by atoms with Crippen LogP contribution < -0.4 is 5.32 Å². The average Bonchev–Trinajstić information content (AvgIpc) is 3.69. The molecule has 186 valence electrons. The summed E-state index contributed by atoms with van der Waals surface area (Å²) >= 11 is 0. The summed E-state index contributed by atoms with van der Waals surface area (Å²) in [6, 6.07) is 21.7. The lowest BCUT2D eigenvalue weighted by atomic mass is 10.1. The number of nitrogens with one attached hydrogen (secondary N) is 1. The molecule has 0 unspecified atom stereocenters. The smallest absolute Gasteiger partial charge is 0.253 e. The van der Waals surface area contributed by atoms with Gasteiger partial charge < -0.3 is 10.2 Å². The standard InChI is InChI=1S/C30H30N6O/c1-4-8-24(31-2)17-18-35(3)30(37)23-13-15-25(16-14-23)32-28-19-26(21-9-6-5-7-10-21)33-29-20-27(22-11-12-22)34-36(28)29/h4-10,13-16,19-20,22,32H,1-2,11-12,17-18H2,3H3/b24-8-. The first-order chi connectivity index (χ1) is 18.1. The molecule has 0 saturated heterocycles. The van der Waals surface area contributed by atoms with Gasteiger partial charge >= 0.3 is 0 Å². The molecule has 1 aliphatic carbocycles. The van der Waals surface area contributed by atoms with Crippen molar-refractivity contribution in [2.24, 2.45) is 4.99 Å². The highest BCUT2D eigenvalue weighted by atomic mass is 16.2. The van der Waals surface area contributed by atoms with E-state index in [1.807, 2.05) is 53.0 Å². The zero-order chi connectivity index (χ0) is 25.8. The summed E-state index contributed by atoms with van der Waals surface area (Å²) < 4.78 is 1.87. The van der Waals surface area contributed by atoms with Crippen LogP contribution in [0.1, 0.15) is 41.2 Å². The van der Waals surface area contributed by atoms with Gasteiger partial charge in [0.15, 0.2) is 5.65 Å². The summed E-state index contributed by atoms with van der Waals surface area (Å²) in [5, 5.41) is 8.32. The van der Waals surface area contributed by atoms with Crippen molar-refractivity contribution in [3.63, 3.8) is 0 Å². The molecular formula is C30H30N6O. The highest BCUT2D eigenvalue weighted by Gasteiger charge is 2.27. The number of amides is 1. The summed E-state index contributed by atoms with van der Waals surface area (Å²) in [6.45, 7) is 7.80. The van der Waals surface area contributed by atoms with Crippen LogP contribution in [0, 0.1) is 0 Å². The number of nitrogens with zero attached hydrogens (tertiary/aromatic N) is 5. The quantitative estimate of drug-likeness (QED) is 0.211. The van der Waals surface area contributed by atoms with Gasteiger partial charge in [0.05, 0.1) is 11.4 Å². The zero-order valence-corrected chi connectivity index (χ0v) is 21.0. The molecule has 0 bridgehead atoms. The van der Waals surface area contributed by atoms with Gasteiger partial charge in [-0.2, -0.15) is 9.61 Å². The van der Waals surface area contributed by atoms with Crippen molar-refractivity contribution in [1.82, 2.24) is 19.5 Å². The van der Waals surface area contributed by atoms with E-state index in [1.165, 1.54) is 12.8 Å². The van der Waals surface area contributed by atoms with Crippen LogP contribution in [0.4, 0.5) is 11.5 Å². The molecule has 7 heteroatoms. The van der Waals surface area contributed by atoms with Crippen LogP contribution >= 0.6 is 0 Å². The van der Waals surface area contributed by atoms with Crippen molar-refractivity contribution in [2.45, 2.75) is 25.2 Å². The van der Waals surface area contributed by atoms with Crippen molar-refractivity contribution < 1.29 is 4.79 Å². The fraction of sp³-hybridized carbons (Fsp3) is 0.200. The molecule has 0 aliphatic heterocycles. The van der Waals surface area contributed by atoms with Gasteiger partial charge in [-0.1, -0.05) is 43.0 Å². The van der Waals surface area contributed by atoms with Gasteiger partial charge in [0.1, 0.15) is 5.82 Å². The topological polar surface area (TPSA) is 74.9 Å². The van der Waals surface area contributed by atoms with Crippen LogP contribution in [0.2, 0.25) is 0 Å². The lowest BCUT2D eigenvalue weighted by Crippen LogP contribution is -2.27. The van der Waals surface area contributed by atoms with Gasteiger partial charge in [-0.3, -0.25) is 9.79 Å². The number of rotatable bonds is 10. The Morgan fingerprint density at radius 2 is 1.92 bits per heavy atom. The van der Waals surface area contributed by atoms with Crippen molar-refractivity contribution in [1.29, 1.82) is 0 Å². The van der Waals surface area contributed by atoms with Crippen molar-refractivity contribution in [3.05, 3.63) is 102 Å². The Morgan fingerprint density at radius 3 is 2.59 bits per heavy atom. The maximum absolute atomic E-state index is 12.9. The number of hydrogen-bond acceptors (Lipinski definition) is 5. The van der Waals surface area contributed by atoms with Gasteiger partial charge in [-0.05, 0) is 49.9 Å². The zero-order valence-electron chi connectivity index (χ0n) is 21.0. The molecule has 37 heavy (non-hydrogen) atoms. The van der Waals surface area contributed by atoms with Crippen molar-refractivity contribution in [2.75, 3.05) is 18.9 Å². The van der Waals surface area contributed by atoms with Crippen molar-refractivity contribution in [3.8, 4) is 11.3 Å². The van der Waals surface area contributed by atoms with Crippen LogP contribution in [0.5, 0.6) is 0 Å². The number of allylic oxidation sites excluding steroid dienone is 2. The Labute approximate surface area is 216 Å². The minimum Gasteiger partial charge on any atom is -0.341 e. The van der Waals surface area contributed by atoms with Gasteiger partial charge in [0.2, 0.25) is 0 Å². The Balaban J connectivity index is 1.36. The summed E-state index contributed by atoms with van der Waals surface area (Å²) in [7, 11) is 1.79. The van der Waals surface area contributed by atoms with Gasteiger partial charge in [-0.15, -0.1) is 0 Å². The second-order valence-electron chi connectivity index (χ2n) is 9.24. The molecule has 1 fully saturated rings. The van der Waals surface area contributed by atoms with Crippen LogP contribution in [0.15, 0.2) is 96.2 Å². The SMILES string of the molecule is C=C/C=C(/CCN(C)C(=O)c1ccc(Nc2cc(-c3ccccc3)nc3cc(C4CC4)nn23)cc1)N=C. The number of carbonyl (C=O) groups excluding carboxylic acids is 1. The third-order valence-electron chi connectivity index (χ3n) is 6.48. The fourth-order valence-electron chi connectivity index (χ4n) is 4.22. The molecule has 1 aliphatic rings. The van der Waals surface area contributed by atoms with Crippen molar-refractivity contribution >= 4 is 29.8 Å². The van der Waals surface area contributed by atoms with E-state index in [0.717, 1.165) is 39.8 Å². The molecule has 2 heterocycles. The highest BCUT2D eigenvalue weighted by Crippen LogP contribution is 2.40. The third-order valence-corrected chi connectivity index (χ3v) is 6.48. The number of aliphatic imine (C=N–C) groups is 1. The van der Waals surface area contributed by atoms with Gasteiger partial charge in [0.25, 0.3) is 5.91 Å². The molecule has 4 aromatic rings. The molecule has 0 atom stereocenters. The van der Waals surface area contributed by atoms with Crippen LogP contribution in [-0.2, 0) is 0 Å². The molecule has 2 aromatic heterocycles. The minimum absolute atomic E-state index is 0.0487. The first-order valence-corrected chi connectivity index (χ1v) is 12.4. The molecular weight excluding hydrogens is 460 g/mol. The van der Waals surface area contributed by atoms with Crippen LogP contribution in [0.3, 0.4) is 0 Å². The molecule has 0 spiro atoms. The number of aromatic nitrogens is 3. The van der Waals surface area contributed by atoms with E-state index in [4.69, 9.17) is 10.1 Å². The second kappa shape index (κ2) is 10.6. The Kier molecular flexibility index (Phi) is 6.94. The van der Waals surface area contributed by atoms with E-state index in [0.29, 0.717) is 24.4 Å². The summed E-state index contributed by atoms with van der Waals surface area (Å²) in [4.78, 5) is 23.5. The summed E-state index contributed by atoms with van der Waals surface area (Å²) in [5.74, 6) is 1.31. The van der Waals surface area contributed by atoms with Crippen LogP contribution in [0.25, 0.3) is 16.9 Å².